The van der Waals surface area contributed by atoms with Gasteiger partial charge in [-0.05, 0) is 12.0 Å². The first-order valence-electron chi connectivity index (χ1n) is 5.92. The molecule has 0 aliphatic carbocycles. The van der Waals surface area contributed by atoms with Crippen LogP contribution in [0, 0.1) is 10.1 Å². The molecule has 0 N–H and O–H groups in total. The summed E-state index contributed by atoms with van der Waals surface area (Å²) >= 11 is 0. The summed E-state index contributed by atoms with van der Waals surface area (Å²) in [7, 11) is 0. The van der Waals surface area contributed by atoms with Crippen LogP contribution in [-0.4, -0.2) is 16.7 Å². The van der Waals surface area contributed by atoms with Gasteiger partial charge in [0.15, 0.2) is 0 Å². The van der Waals surface area contributed by atoms with E-state index in [1.54, 1.807) is 12.4 Å². The van der Waals surface area contributed by atoms with E-state index in [0.29, 0.717) is 6.42 Å². The molecule has 0 aliphatic heterocycles. The van der Waals surface area contributed by atoms with Crippen molar-refractivity contribution >= 4 is 12.4 Å². The number of nitro groups is 1. The zero-order valence-electron chi connectivity index (χ0n) is 10.3. The predicted molar refractivity (Wildman–Crippen MR) is 70.4 cm³/mol. The summed E-state index contributed by atoms with van der Waals surface area (Å²) in [6.07, 6.45) is 6.13. The Bertz CT molecular complexity index is 428. The second-order valence-electron chi connectivity index (χ2n) is 4.13. The number of unbranched alkanes of at least 4 members (excludes halogenated alkanes) is 1. The smallest absolute Gasteiger partial charge is 0.282 e. The second kappa shape index (κ2) is 6.69. The molecular weight excluding hydrogens is 230 g/mol. The van der Waals surface area contributed by atoms with Gasteiger partial charge < -0.3 is 0 Å². The normalized spacial score (nSPS) is 14.3. The van der Waals surface area contributed by atoms with Gasteiger partial charge in [-0.25, -0.2) is 0 Å². The van der Waals surface area contributed by atoms with Crippen molar-refractivity contribution in [2.45, 2.75) is 31.7 Å². The van der Waals surface area contributed by atoms with Gasteiger partial charge in [0, 0.05) is 17.4 Å². The second-order valence-corrected chi connectivity index (χ2v) is 4.13. The number of hydrogen-bond donors (Lipinski definition) is 0. The van der Waals surface area contributed by atoms with Crippen LogP contribution in [0.2, 0.25) is 0 Å². The van der Waals surface area contributed by atoms with Gasteiger partial charge in [-0.15, -0.1) is 0 Å². The predicted octanol–water partition coefficient (Wildman–Crippen LogP) is 3.02. The van der Waals surface area contributed by atoms with Crippen molar-refractivity contribution in [3.8, 4) is 0 Å². The lowest BCUT2D eigenvalue weighted by molar-refractivity contribution is -0.533. The Morgan fingerprint density at radius 1 is 1.39 bits per heavy atom. The molecule has 1 atom stereocenters. The fourth-order valence-corrected chi connectivity index (χ4v) is 1.60. The SMILES string of the molecule is CCCCC([C]=O)(C=Cc1ccccc1)[N+](=O)[O-]. The molecule has 4 nitrogen and oxygen atoms in total. The summed E-state index contributed by atoms with van der Waals surface area (Å²) < 4.78 is 0. The molecule has 1 unspecified atom stereocenters. The van der Waals surface area contributed by atoms with Crippen LogP contribution < -0.4 is 0 Å². The van der Waals surface area contributed by atoms with Gasteiger partial charge in [-0.2, -0.15) is 0 Å². The highest BCUT2D eigenvalue weighted by Gasteiger charge is 2.40. The average Bonchev–Trinajstić information content (AvgIpc) is 2.40. The van der Waals surface area contributed by atoms with Crippen LogP contribution >= 0.6 is 0 Å². The lowest BCUT2D eigenvalue weighted by Crippen LogP contribution is -2.37. The molecule has 18 heavy (non-hydrogen) atoms. The van der Waals surface area contributed by atoms with Crippen molar-refractivity contribution in [2.75, 3.05) is 0 Å². The Balaban J connectivity index is 2.94. The van der Waals surface area contributed by atoms with E-state index in [4.69, 9.17) is 0 Å². The van der Waals surface area contributed by atoms with Crippen LogP contribution in [0.4, 0.5) is 0 Å². The third-order valence-corrected chi connectivity index (χ3v) is 2.77. The lowest BCUT2D eigenvalue weighted by Gasteiger charge is -2.13. The first-order chi connectivity index (χ1) is 8.64. The van der Waals surface area contributed by atoms with E-state index in [-0.39, 0.29) is 6.42 Å². The topological polar surface area (TPSA) is 60.2 Å². The molecule has 95 valence electrons. The summed E-state index contributed by atoms with van der Waals surface area (Å²) in [5.41, 5.74) is -0.887. The summed E-state index contributed by atoms with van der Waals surface area (Å²) in [5, 5.41) is 11.1. The molecule has 0 spiro atoms. The van der Waals surface area contributed by atoms with Crippen LogP contribution in [-0.2, 0) is 4.79 Å². The Labute approximate surface area is 106 Å². The van der Waals surface area contributed by atoms with E-state index in [9.17, 15) is 14.9 Å². The minimum absolute atomic E-state index is 0.184. The summed E-state index contributed by atoms with van der Waals surface area (Å²) in [5.74, 6) is 0. The molecule has 1 aromatic rings. The van der Waals surface area contributed by atoms with Gasteiger partial charge in [0.25, 0.3) is 6.29 Å². The molecule has 0 saturated heterocycles. The third kappa shape index (κ3) is 3.52. The lowest BCUT2D eigenvalue weighted by atomic mass is 9.94. The van der Waals surface area contributed by atoms with E-state index in [1.807, 2.05) is 37.3 Å². The highest BCUT2D eigenvalue weighted by molar-refractivity contribution is 5.69. The molecular formula is C14H16NO3. The van der Waals surface area contributed by atoms with Crippen molar-refractivity contribution in [3.05, 3.63) is 52.1 Å². The Hall–Kier alpha value is -1.97. The fourth-order valence-electron chi connectivity index (χ4n) is 1.60. The monoisotopic (exact) mass is 246 g/mol. The van der Waals surface area contributed by atoms with Crippen molar-refractivity contribution in [3.63, 3.8) is 0 Å². The molecule has 0 bridgehead atoms. The van der Waals surface area contributed by atoms with E-state index < -0.39 is 10.5 Å². The molecule has 4 heteroatoms. The van der Waals surface area contributed by atoms with E-state index in [2.05, 4.69) is 0 Å². The molecule has 0 aliphatic rings. The molecule has 1 rings (SSSR count). The van der Waals surface area contributed by atoms with Gasteiger partial charge >= 0.3 is 5.54 Å². The molecule has 1 aromatic carbocycles. The first-order valence-corrected chi connectivity index (χ1v) is 5.92. The van der Waals surface area contributed by atoms with Crippen LogP contribution in [0.1, 0.15) is 31.7 Å². The number of carbonyl (C=O) groups excluding carboxylic acids is 1. The van der Waals surface area contributed by atoms with Crippen LogP contribution in [0.3, 0.4) is 0 Å². The maximum absolute atomic E-state index is 11.1. The minimum atomic E-state index is -1.72. The van der Waals surface area contributed by atoms with E-state index in [1.165, 1.54) is 6.08 Å². The Kier molecular flexibility index (Phi) is 5.24. The van der Waals surface area contributed by atoms with Crippen LogP contribution in [0.15, 0.2) is 36.4 Å². The average molecular weight is 246 g/mol. The number of rotatable bonds is 7. The standard InChI is InChI=1S/C14H16NO3/c1-2-3-10-14(12-16,15(17)18)11-9-13-7-5-4-6-8-13/h4-9,11H,2-3,10H2,1H3. The number of nitrogens with zero attached hydrogens (tertiary/aromatic N) is 1. The highest BCUT2D eigenvalue weighted by atomic mass is 16.6. The quantitative estimate of drug-likeness (QED) is 0.548. The van der Waals surface area contributed by atoms with Crippen molar-refractivity contribution in [2.24, 2.45) is 0 Å². The Morgan fingerprint density at radius 3 is 2.56 bits per heavy atom. The summed E-state index contributed by atoms with van der Waals surface area (Å²) in [4.78, 5) is 21.5. The van der Waals surface area contributed by atoms with E-state index in [0.717, 1.165) is 12.0 Å². The van der Waals surface area contributed by atoms with E-state index >= 15 is 0 Å². The van der Waals surface area contributed by atoms with Gasteiger partial charge in [0.2, 0.25) is 0 Å². The number of benzene rings is 1. The molecule has 0 amide bonds. The first kappa shape index (κ1) is 14.1. The molecule has 0 saturated carbocycles. The van der Waals surface area contributed by atoms with Gasteiger partial charge in [-0.1, -0.05) is 49.8 Å². The van der Waals surface area contributed by atoms with Gasteiger partial charge in [0.05, 0.1) is 0 Å². The number of hydrogen-bond acceptors (Lipinski definition) is 3. The summed E-state index contributed by atoms with van der Waals surface area (Å²) in [6, 6.07) is 9.19. The fraction of sp³-hybridized carbons (Fsp3) is 0.357. The molecule has 1 radical (unpaired) electrons. The molecule has 0 heterocycles. The van der Waals surface area contributed by atoms with Crippen molar-refractivity contribution in [1.82, 2.24) is 0 Å². The minimum Gasteiger partial charge on any atom is -0.282 e. The van der Waals surface area contributed by atoms with Crippen molar-refractivity contribution in [1.29, 1.82) is 0 Å². The largest absolute Gasteiger partial charge is 0.305 e. The summed E-state index contributed by atoms with van der Waals surface area (Å²) in [6.45, 7) is 1.93. The highest BCUT2D eigenvalue weighted by Crippen LogP contribution is 2.19. The zero-order valence-corrected chi connectivity index (χ0v) is 10.3. The zero-order chi connectivity index (χ0) is 13.4. The van der Waals surface area contributed by atoms with Crippen LogP contribution in [0.5, 0.6) is 0 Å². The maximum Gasteiger partial charge on any atom is 0.305 e. The third-order valence-electron chi connectivity index (χ3n) is 2.77. The Morgan fingerprint density at radius 2 is 2.06 bits per heavy atom. The maximum atomic E-state index is 11.1. The van der Waals surface area contributed by atoms with Gasteiger partial charge in [-0.3, -0.25) is 14.9 Å². The van der Waals surface area contributed by atoms with Gasteiger partial charge in [0.1, 0.15) is 0 Å². The molecule has 0 aromatic heterocycles. The molecule has 0 fully saturated rings. The van der Waals surface area contributed by atoms with Crippen LogP contribution in [0.25, 0.3) is 6.08 Å². The van der Waals surface area contributed by atoms with Crippen molar-refractivity contribution < 1.29 is 9.72 Å².